The van der Waals surface area contributed by atoms with E-state index in [4.69, 9.17) is 0 Å². The summed E-state index contributed by atoms with van der Waals surface area (Å²) in [6.07, 6.45) is 0. The number of carbonyl (C=O) groups is 1. The first-order chi connectivity index (χ1) is 7.63. The Balaban J connectivity index is 2.68. The first kappa shape index (κ1) is 14.5. The molecule has 1 rings (SSSR count). The van der Waals surface area contributed by atoms with Crippen molar-refractivity contribution < 1.29 is 4.79 Å². The predicted molar refractivity (Wildman–Crippen MR) is 71.0 cm³/mol. The number of amides is 1. The van der Waals surface area contributed by atoms with Gasteiger partial charge >= 0.3 is 0 Å². The van der Waals surface area contributed by atoms with Gasteiger partial charge in [0.15, 0.2) is 0 Å². The summed E-state index contributed by atoms with van der Waals surface area (Å²) < 4.78 is 0. The molecule has 0 bridgehead atoms. The van der Waals surface area contributed by atoms with Crippen molar-refractivity contribution in [2.45, 2.75) is 58.7 Å². The van der Waals surface area contributed by atoms with Gasteiger partial charge < -0.3 is 10.6 Å². The van der Waals surface area contributed by atoms with Gasteiger partial charge in [-0.25, -0.2) is 0 Å². The van der Waals surface area contributed by atoms with Crippen molar-refractivity contribution in [3.63, 3.8) is 0 Å². The van der Waals surface area contributed by atoms with Crippen LogP contribution >= 0.6 is 0 Å². The van der Waals surface area contributed by atoms with Crippen molar-refractivity contribution in [1.82, 2.24) is 15.5 Å². The molecule has 1 saturated heterocycles. The summed E-state index contributed by atoms with van der Waals surface area (Å²) in [4.78, 5) is 14.5. The molecular weight excluding hydrogens is 214 g/mol. The van der Waals surface area contributed by atoms with E-state index in [0.717, 1.165) is 19.6 Å². The highest BCUT2D eigenvalue weighted by Gasteiger charge is 2.36. The number of carbonyl (C=O) groups excluding carboxylic acids is 1. The van der Waals surface area contributed by atoms with Crippen LogP contribution in [0.2, 0.25) is 0 Å². The number of rotatable bonds is 2. The average Bonchev–Trinajstić information content (AvgIpc) is 2.13. The van der Waals surface area contributed by atoms with Crippen molar-refractivity contribution in [2.24, 2.45) is 0 Å². The molecule has 1 unspecified atom stereocenters. The van der Waals surface area contributed by atoms with E-state index in [1.807, 2.05) is 27.7 Å². The van der Waals surface area contributed by atoms with Gasteiger partial charge in [0, 0.05) is 30.7 Å². The van der Waals surface area contributed by atoms with E-state index >= 15 is 0 Å². The van der Waals surface area contributed by atoms with E-state index in [-0.39, 0.29) is 23.0 Å². The van der Waals surface area contributed by atoms with Crippen LogP contribution in [0.15, 0.2) is 0 Å². The highest BCUT2D eigenvalue weighted by molar-refractivity contribution is 5.82. The van der Waals surface area contributed by atoms with Gasteiger partial charge in [-0.1, -0.05) is 0 Å². The lowest BCUT2D eigenvalue weighted by Crippen LogP contribution is -2.64. The summed E-state index contributed by atoms with van der Waals surface area (Å²) in [5.74, 6) is 0.118. The third-order valence-corrected chi connectivity index (χ3v) is 3.21. The summed E-state index contributed by atoms with van der Waals surface area (Å²) in [6.45, 7) is 15.2. The Morgan fingerprint density at radius 3 is 2.47 bits per heavy atom. The molecule has 2 N–H and O–H groups in total. The predicted octanol–water partition coefficient (Wildman–Crippen LogP) is 0.973. The summed E-state index contributed by atoms with van der Waals surface area (Å²) in [7, 11) is 0. The van der Waals surface area contributed by atoms with Crippen LogP contribution in [0.1, 0.15) is 41.5 Å². The summed E-state index contributed by atoms with van der Waals surface area (Å²) in [6, 6.07) is -0.0775. The molecule has 1 atom stereocenters. The molecule has 1 amide bonds. The minimum Gasteiger partial charge on any atom is -0.350 e. The third kappa shape index (κ3) is 3.96. The Hall–Kier alpha value is -0.610. The molecule has 4 heteroatoms. The Morgan fingerprint density at radius 2 is 2.00 bits per heavy atom. The van der Waals surface area contributed by atoms with Crippen LogP contribution in [0.3, 0.4) is 0 Å². The fraction of sp³-hybridized carbons (Fsp3) is 0.923. The number of hydrogen-bond acceptors (Lipinski definition) is 3. The summed E-state index contributed by atoms with van der Waals surface area (Å²) in [5, 5.41) is 6.43. The fourth-order valence-electron chi connectivity index (χ4n) is 2.33. The van der Waals surface area contributed by atoms with E-state index in [0.29, 0.717) is 0 Å². The standard InChI is InChI=1S/C13H27N3O/c1-10(11(17)15-12(2,3)4)16-8-7-14-9-13(16,5)6/h10,14H,7-9H2,1-6H3,(H,15,17). The molecule has 0 aliphatic carbocycles. The SMILES string of the molecule is CC(C(=O)NC(C)(C)C)N1CCNCC1(C)C. The van der Waals surface area contributed by atoms with E-state index in [2.05, 4.69) is 29.4 Å². The van der Waals surface area contributed by atoms with Crippen molar-refractivity contribution in [1.29, 1.82) is 0 Å². The zero-order valence-corrected chi connectivity index (χ0v) is 12.1. The lowest BCUT2D eigenvalue weighted by molar-refractivity contribution is -0.130. The van der Waals surface area contributed by atoms with Gasteiger partial charge in [0.05, 0.1) is 6.04 Å². The summed E-state index contributed by atoms with van der Waals surface area (Å²) in [5.41, 5.74) is -0.129. The molecule has 4 nitrogen and oxygen atoms in total. The molecule has 0 aromatic carbocycles. The Bertz CT molecular complexity index is 281. The first-order valence-corrected chi connectivity index (χ1v) is 6.43. The maximum atomic E-state index is 12.2. The van der Waals surface area contributed by atoms with Crippen LogP contribution in [-0.2, 0) is 4.79 Å². The minimum atomic E-state index is -0.163. The van der Waals surface area contributed by atoms with Gasteiger partial charge in [0.25, 0.3) is 0 Å². The molecule has 0 saturated carbocycles. The first-order valence-electron chi connectivity index (χ1n) is 6.43. The second-order valence-electron chi connectivity index (χ2n) is 6.60. The van der Waals surface area contributed by atoms with Gasteiger partial charge in [-0.2, -0.15) is 0 Å². The molecule has 1 fully saturated rings. The quantitative estimate of drug-likeness (QED) is 0.757. The summed E-state index contributed by atoms with van der Waals surface area (Å²) >= 11 is 0. The van der Waals surface area contributed by atoms with Crippen molar-refractivity contribution in [3.8, 4) is 0 Å². The molecular formula is C13H27N3O. The maximum Gasteiger partial charge on any atom is 0.237 e. The van der Waals surface area contributed by atoms with Crippen LogP contribution in [0, 0.1) is 0 Å². The molecule has 0 aromatic heterocycles. The Morgan fingerprint density at radius 1 is 1.41 bits per heavy atom. The topological polar surface area (TPSA) is 44.4 Å². The minimum absolute atomic E-state index is 0.0346. The van der Waals surface area contributed by atoms with Crippen LogP contribution < -0.4 is 10.6 Å². The molecule has 17 heavy (non-hydrogen) atoms. The second kappa shape index (κ2) is 4.94. The van der Waals surface area contributed by atoms with Crippen molar-refractivity contribution >= 4 is 5.91 Å². The van der Waals surface area contributed by atoms with E-state index < -0.39 is 0 Å². The largest absolute Gasteiger partial charge is 0.350 e. The number of nitrogens with one attached hydrogen (secondary N) is 2. The van der Waals surface area contributed by atoms with Crippen LogP contribution in [0.5, 0.6) is 0 Å². The average molecular weight is 241 g/mol. The molecule has 0 spiro atoms. The lowest BCUT2D eigenvalue weighted by atomic mass is 9.97. The van der Waals surface area contributed by atoms with E-state index in [9.17, 15) is 4.79 Å². The highest BCUT2D eigenvalue weighted by Crippen LogP contribution is 2.19. The van der Waals surface area contributed by atoms with Crippen molar-refractivity contribution in [2.75, 3.05) is 19.6 Å². The van der Waals surface area contributed by atoms with Gasteiger partial charge in [-0.3, -0.25) is 9.69 Å². The Kier molecular flexibility index (Phi) is 4.20. The van der Waals surface area contributed by atoms with E-state index in [1.165, 1.54) is 0 Å². The smallest absolute Gasteiger partial charge is 0.237 e. The molecule has 1 aliphatic rings. The molecule has 100 valence electrons. The Labute approximate surface area is 105 Å². The highest BCUT2D eigenvalue weighted by atomic mass is 16.2. The van der Waals surface area contributed by atoms with Crippen molar-refractivity contribution in [3.05, 3.63) is 0 Å². The maximum absolute atomic E-state index is 12.2. The number of piperazine rings is 1. The zero-order chi connectivity index (χ0) is 13.3. The normalized spacial score (nSPS) is 23.2. The molecule has 0 radical (unpaired) electrons. The number of nitrogens with zero attached hydrogens (tertiary/aromatic N) is 1. The number of hydrogen-bond donors (Lipinski definition) is 2. The van der Waals surface area contributed by atoms with Crippen LogP contribution in [0.4, 0.5) is 0 Å². The van der Waals surface area contributed by atoms with Gasteiger partial charge in [0.2, 0.25) is 5.91 Å². The van der Waals surface area contributed by atoms with Crippen LogP contribution in [-0.4, -0.2) is 47.6 Å². The van der Waals surface area contributed by atoms with Crippen LogP contribution in [0.25, 0.3) is 0 Å². The van der Waals surface area contributed by atoms with Gasteiger partial charge in [0.1, 0.15) is 0 Å². The molecule has 1 heterocycles. The lowest BCUT2D eigenvalue weighted by Gasteiger charge is -2.46. The van der Waals surface area contributed by atoms with Gasteiger partial charge in [-0.15, -0.1) is 0 Å². The van der Waals surface area contributed by atoms with E-state index in [1.54, 1.807) is 0 Å². The zero-order valence-electron chi connectivity index (χ0n) is 12.1. The monoisotopic (exact) mass is 241 g/mol. The molecule has 1 aliphatic heterocycles. The third-order valence-electron chi connectivity index (χ3n) is 3.21. The second-order valence-corrected chi connectivity index (χ2v) is 6.60. The van der Waals surface area contributed by atoms with Gasteiger partial charge in [-0.05, 0) is 41.5 Å². The molecule has 0 aromatic rings. The fourth-order valence-corrected chi connectivity index (χ4v) is 2.33.